The molecule has 1 aliphatic rings. The minimum atomic E-state index is 0.201. The zero-order valence-corrected chi connectivity index (χ0v) is 12.2. The molecule has 1 saturated carbocycles. The zero-order valence-electron chi connectivity index (χ0n) is 10.6. The van der Waals surface area contributed by atoms with Gasteiger partial charge in [-0.1, -0.05) is 28.1 Å². The number of halogens is 1. The van der Waals surface area contributed by atoms with Crippen LogP contribution in [-0.2, 0) is 0 Å². The van der Waals surface area contributed by atoms with Gasteiger partial charge >= 0.3 is 0 Å². The van der Waals surface area contributed by atoms with Crippen molar-refractivity contribution in [1.82, 2.24) is 4.90 Å². The predicted molar refractivity (Wildman–Crippen MR) is 76.2 cm³/mol. The summed E-state index contributed by atoms with van der Waals surface area (Å²) >= 11 is 3.55. The summed E-state index contributed by atoms with van der Waals surface area (Å²) < 4.78 is 1.17. The monoisotopic (exact) mass is 296 g/mol. The Labute approximate surface area is 112 Å². The maximum atomic E-state index is 5.99. The molecule has 94 valence electrons. The molecule has 0 amide bonds. The molecular formula is C14H21BrN2. The SMILES string of the molecule is CN(C)C1(CN)CCC(c2cccc(Br)c2)C1. The van der Waals surface area contributed by atoms with Crippen LogP contribution in [0.5, 0.6) is 0 Å². The minimum absolute atomic E-state index is 0.201. The number of rotatable bonds is 3. The Morgan fingerprint density at radius 1 is 1.47 bits per heavy atom. The third kappa shape index (κ3) is 2.56. The summed E-state index contributed by atoms with van der Waals surface area (Å²) in [5.41, 5.74) is 7.63. The molecule has 0 spiro atoms. The van der Waals surface area contributed by atoms with Gasteiger partial charge in [-0.05, 0) is 57.0 Å². The van der Waals surface area contributed by atoms with Crippen LogP contribution in [-0.4, -0.2) is 31.1 Å². The second-order valence-corrected chi connectivity index (χ2v) is 6.23. The summed E-state index contributed by atoms with van der Waals surface area (Å²) in [6.07, 6.45) is 3.62. The Bertz CT molecular complexity index is 392. The highest BCUT2D eigenvalue weighted by Gasteiger charge is 2.40. The molecular weight excluding hydrogens is 276 g/mol. The van der Waals surface area contributed by atoms with Gasteiger partial charge in [0.15, 0.2) is 0 Å². The van der Waals surface area contributed by atoms with E-state index in [9.17, 15) is 0 Å². The van der Waals surface area contributed by atoms with E-state index in [0.29, 0.717) is 5.92 Å². The number of benzene rings is 1. The van der Waals surface area contributed by atoms with Crippen molar-refractivity contribution in [3.05, 3.63) is 34.3 Å². The lowest BCUT2D eigenvalue weighted by Crippen LogP contribution is -2.48. The molecule has 2 nitrogen and oxygen atoms in total. The first-order valence-electron chi connectivity index (χ1n) is 6.20. The number of hydrogen-bond acceptors (Lipinski definition) is 2. The molecule has 0 aliphatic heterocycles. The second kappa shape index (κ2) is 5.09. The molecule has 0 radical (unpaired) electrons. The van der Waals surface area contributed by atoms with Gasteiger partial charge in [0.05, 0.1) is 0 Å². The van der Waals surface area contributed by atoms with Crippen molar-refractivity contribution in [1.29, 1.82) is 0 Å². The van der Waals surface area contributed by atoms with E-state index in [1.165, 1.54) is 29.3 Å². The van der Waals surface area contributed by atoms with E-state index >= 15 is 0 Å². The fraction of sp³-hybridized carbons (Fsp3) is 0.571. The number of nitrogens with two attached hydrogens (primary N) is 1. The molecule has 17 heavy (non-hydrogen) atoms. The van der Waals surface area contributed by atoms with Crippen LogP contribution in [0, 0.1) is 0 Å². The van der Waals surface area contributed by atoms with E-state index in [0.717, 1.165) is 6.54 Å². The molecule has 0 bridgehead atoms. The molecule has 0 heterocycles. The number of likely N-dealkylation sites (N-methyl/N-ethyl adjacent to an activating group) is 1. The Morgan fingerprint density at radius 3 is 2.76 bits per heavy atom. The normalized spacial score (nSPS) is 28.9. The summed E-state index contributed by atoms with van der Waals surface area (Å²) in [6, 6.07) is 8.68. The van der Waals surface area contributed by atoms with Gasteiger partial charge in [-0.2, -0.15) is 0 Å². The van der Waals surface area contributed by atoms with E-state index < -0.39 is 0 Å². The highest BCUT2D eigenvalue weighted by Crippen LogP contribution is 2.43. The maximum absolute atomic E-state index is 5.99. The Kier molecular flexibility index (Phi) is 3.91. The van der Waals surface area contributed by atoms with Crippen LogP contribution >= 0.6 is 15.9 Å². The van der Waals surface area contributed by atoms with Crippen molar-refractivity contribution >= 4 is 15.9 Å². The summed E-state index contributed by atoms with van der Waals surface area (Å²) in [6.45, 7) is 0.754. The van der Waals surface area contributed by atoms with Crippen LogP contribution < -0.4 is 5.73 Å². The van der Waals surface area contributed by atoms with Gasteiger partial charge in [0.2, 0.25) is 0 Å². The first-order chi connectivity index (χ1) is 8.07. The minimum Gasteiger partial charge on any atom is -0.329 e. The molecule has 2 rings (SSSR count). The Balaban J connectivity index is 2.17. The lowest BCUT2D eigenvalue weighted by Gasteiger charge is -2.35. The van der Waals surface area contributed by atoms with Gasteiger partial charge in [0.1, 0.15) is 0 Å². The molecule has 1 aliphatic carbocycles. The van der Waals surface area contributed by atoms with E-state index in [4.69, 9.17) is 5.73 Å². The Hall–Kier alpha value is -0.380. The van der Waals surface area contributed by atoms with Crippen LogP contribution in [0.25, 0.3) is 0 Å². The van der Waals surface area contributed by atoms with Crippen molar-refractivity contribution in [2.24, 2.45) is 5.73 Å². The third-order valence-electron chi connectivity index (χ3n) is 4.23. The molecule has 0 saturated heterocycles. The van der Waals surface area contributed by atoms with E-state index in [2.05, 4.69) is 59.2 Å². The van der Waals surface area contributed by atoms with Gasteiger partial charge in [-0.3, -0.25) is 0 Å². The molecule has 2 N–H and O–H groups in total. The van der Waals surface area contributed by atoms with Crippen LogP contribution in [0.3, 0.4) is 0 Å². The van der Waals surface area contributed by atoms with Crippen molar-refractivity contribution in [2.75, 3.05) is 20.6 Å². The fourth-order valence-corrected chi connectivity index (χ4v) is 3.34. The second-order valence-electron chi connectivity index (χ2n) is 5.32. The molecule has 2 unspecified atom stereocenters. The van der Waals surface area contributed by atoms with E-state index in [-0.39, 0.29) is 5.54 Å². The lowest BCUT2D eigenvalue weighted by atomic mass is 9.91. The highest BCUT2D eigenvalue weighted by atomic mass is 79.9. The van der Waals surface area contributed by atoms with Crippen molar-refractivity contribution in [3.8, 4) is 0 Å². The van der Waals surface area contributed by atoms with E-state index in [1.54, 1.807) is 0 Å². The average Bonchev–Trinajstić information content (AvgIpc) is 2.74. The summed E-state index contributed by atoms with van der Waals surface area (Å²) in [5, 5.41) is 0. The molecule has 2 atom stereocenters. The van der Waals surface area contributed by atoms with Crippen LogP contribution in [0.1, 0.15) is 30.7 Å². The summed E-state index contributed by atoms with van der Waals surface area (Å²) in [7, 11) is 4.30. The quantitative estimate of drug-likeness (QED) is 0.929. The average molecular weight is 297 g/mol. The lowest BCUT2D eigenvalue weighted by molar-refractivity contribution is 0.165. The van der Waals surface area contributed by atoms with Gasteiger partial charge in [-0.25, -0.2) is 0 Å². The highest BCUT2D eigenvalue weighted by molar-refractivity contribution is 9.10. The topological polar surface area (TPSA) is 29.3 Å². The Morgan fingerprint density at radius 2 is 2.24 bits per heavy atom. The maximum Gasteiger partial charge on any atom is 0.0331 e. The molecule has 0 aromatic heterocycles. The van der Waals surface area contributed by atoms with Gasteiger partial charge in [-0.15, -0.1) is 0 Å². The van der Waals surface area contributed by atoms with Crippen molar-refractivity contribution in [3.63, 3.8) is 0 Å². The molecule has 1 fully saturated rings. The number of hydrogen-bond donors (Lipinski definition) is 1. The first-order valence-corrected chi connectivity index (χ1v) is 7.00. The predicted octanol–water partition coefficient (Wildman–Crippen LogP) is 2.98. The van der Waals surface area contributed by atoms with Crippen molar-refractivity contribution in [2.45, 2.75) is 30.7 Å². The smallest absolute Gasteiger partial charge is 0.0331 e. The standard InChI is InChI=1S/C14H21BrN2/c1-17(2)14(10-16)7-6-12(9-14)11-4-3-5-13(15)8-11/h3-5,8,12H,6-7,9-10,16H2,1-2H3. The third-order valence-corrected chi connectivity index (χ3v) is 4.73. The molecule has 1 aromatic rings. The van der Waals surface area contributed by atoms with Gasteiger partial charge in [0.25, 0.3) is 0 Å². The number of nitrogens with zero attached hydrogens (tertiary/aromatic N) is 1. The van der Waals surface area contributed by atoms with Crippen molar-refractivity contribution < 1.29 is 0 Å². The fourth-order valence-electron chi connectivity index (χ4n) is 2.92. The largest absolute Gasteiger partial charge is 0.329 e. The van der Waals surface area contributed by atoms with Crippen LogP contribution in [0.2, 0.25) is 0 Å². The summed E-state index contributed by atoms with van der Waals surface area (Å²) in [4.78, 5) is 2.31. The molecule has 3 heteroatoms. The van der Waals surface area contributed by atoms with Gasteiger partial charge < -0.3 is 10.6 Å². The van der Waals surface area contributed by atoms with Crippen LogP contribution in [0.15, 0.2) is 28.7 Å². The van der Waals surface area contributed by atoms with E-state index in [1.807, 2.05) is 0 Å². The first kappa shape index (κ1) is 13.1. The molecule has 1 aromatic carbocycles. The zero-order chi connectivity index (χ0) is 12.5. The van der Waals surface area contributed by atoms with Gasteiger partial charge in [0, 0.05) is 16.6 Å². The summed E-state index contributed by atoms with van der Waals surface area (Å²) in [5.74, 6) is 0.651. The van der Waals surface area contributed by atoms with Crippen LogP contribution in [0.4, 0.5) is 0 Å².